The highest BCUT2D eigenvalue weighted by molar-refractivity contribution is 4.94. The molecule has 8 N–H and O–H groups in total. The van der Waals surface area contributed by atoms with Gasteiger partial charge in [0.25, 0.3) is 0 Å². The molecule has 1 unspecified atom stereocenters. The average Bonchev–Trinajstić information content (AvgIpc) is 2.63. The van der Waals surface area contributed by atoms with E-state index in [0.717, 1.165) is 0 Å². The summed E-state index contributed by atoms with van der Waals surface area (Å²) < 4.78 is 21.0. The molecule has 0 aromatic heterocycles. The van der Waals surface area contributed by atoms with Gasteiger partial charge in [-0.15, -0.1) is 0 Å². The Labute approximate surface area is 155 Å². The van der Waals surface area contributed by atoms with Gasteiger partial charge in [0, 0.05) is 0 Å². The van der Waals surface area contributed by atoms with Crippen molar-refractivity contribution in [3.8, 4) is 0 Å². The van der Waals surface area contributed by atoms with Crippen LogP contribution in [0.4, 0.5) is 0 Å². The number of aliphatic hydroxyl groups excluding tert-OH is 8. The van der Waals surface area contributed by atoms with Crippen molar-refractivity contribution < 1.29 is 59.8 Å². The highest BCUT2D eigenvalue weighted by atomic mass is 16.7. The van der Waals surface area contributed by atoms with Gasteiger partial charge < -0.3 is 59.8 Å². The van der Waals surface area contributed by atoms with Crippen LogP contribution in [0.5, 0.6) is 0 Å². The second-order valence-corrected chi connectivity index (χ2v) is 6.68. The summed E-state index contributed by atoms with van der Waals surface area (Å²) in [5, 5.41) is 78.0. The van der Waals surface area contributed by atoms with Gasteiger partial charge in [0.05, 0.1) is 25.9 Å². The summed E-state index contributed by atoms with van der Waals surface area (Å²) in [5.41, 5.74) is 0. The third kappa shape index (κ3) is 5.12. The number of hydrogen-bond acceptors (Lipinski definition) is 12. The van der Waals surface area contributed by atoms with Crippen molar-refractivity contribution in [2.75, 3.05) is 19.8 Å². The Hall–Kier alpha value is -0.480. The summed E-state index contributed by atoms with van der Waals surface area (Å²) in [7, 11) is 0. The molecule has 2 fully saturated rings. The fraction of sp³-hybridized carbons (Fsp3) is 1.00. The van der Waals surface area contributed by atoms with E-state index in [1.807, 2.05) is 0 Å². The minimum absolute atomic E-state index is 0.219. The first-order valence-corrected chi connectivity index (χ1v) is 8.59. The van der Waals surface area contributed by atoms with E-state index < -0.39 is 80.7 Å². The molecule has 0 aromatic carbocycles. The van der Waals surface area contributed by atoms with E-state index in [4.69, 9.17) is 18.9 Å². The van der Waals surface area contributed by atoms with Crippen molar-refractivity contribution in [1.82, 2.24) is 0 Å². The average molecular weight is 400 g/mol. The standard InChI is InChI=1S/C15H28O12/c1-5(18)4-24-13-8(19)6(2-16)26-15(11(13)22)27-12-7(3-17)25-14(23)10(21)9(12)20/h5-23H,2-4H2,1H3/t5?,6-,7-,8-,9-,10-,11-,12-,13+,14+,15+/m1/s1. The fourth-order valence-corrected chi connectivity index (χ4v) is 3.00. The first kappa shape index (κ1) is 22.8. The molecule has 27 heavy (non-hydrogen) atoms. The van der Waals surface area contributed by atoms with E-state index in [2.05, 4.69) is 0 Å². The lowest BCUT2D eigenvalue weighted by atomic mass is 9.97. The maximum atomic E-state index is 10.4. The first-order chi connectivity index (χ1) is 12.7. The summed E-state index contributed by atoms with van der Waals surface area (Å²) >= 11 is 0. The minimum atomic E-state index is -1.75. The molecule has 12 nitrogen and oxygen atoms in total. The van der Waals surface area contributed by atoms with Crippen LogP contribution in [0.25, 0.3) is 0 Å². The molecule has 0 bridgehead atoms. The van der Waals surface area contributed by atoms with E-state index >= 15 is 0 Å². The maximum absolute atomic E-state index is 10.4. The second-order valence-electron chi connectivity index (χ2n) is 6.68. The summed E-state index contributed by atoms with van der Waals surface area (Å²) in [6.45, 7) is -0.105. The molecule has 2 saturated heterocycles. The molecule has 2 aliphatic rings. The van der Waals surface area contributed by atoms with E-state index in [1.165, 1.54) is 6.92 Å². The van der Waals surface area contributed by atoms with Crippen molar-refractivity contribution in [3.63, 3.8) is 0 Å². The van der Waals surface area contributed by atoms with Gasteiger partial charge in [0.1, 0.15) is 48.8 Å². The van der Waals surface area contributed by atoms with Gasteiger partial charge in [-0.3, -0.25) is 0 Å². The Balaban J connectivity index is 2.14. The minimum Gasteiger partial charge on any atom is -0.394 e. The number of hydrogen-bond donors (Lipinski definition) is 8. The van der Waals surface area contributed by atoms with Crippen molar-refractivity contribution in [1.29, 1.82) is 0 Å². The summed E-state index contributed by atoms with van der Waals surface area (Å²) in [5.74, 6) is 0. The smallest absolute Gasteiger partial charge is 0.187 e. The van der Waals surface area contributed by atoms with Crippen molar-refractivity contribution in [2.24, 2.45) is 0 Å². The van der Waals surface area contributed by atoms with Gasteiger partial charge in [0.15, 0.2) is 12.6 Å². The van der Waals surface area contributed by atoms with Crippen molar-refractivity contribution in [3.05, 3.63) is 0 Å². The molecule has 0 radical (unpaired) electrons. The molecule has 160 valence electrons. The van der Waals surface area contributed by atoms with Crippen molar-refractivity contribution in [2.45, 2.75) is 74.4 Å². The zero-order chi connectivity index (χ0) is 20.3. The lowest BCUT2D eigenvalue weighted by molar-refractivity contribution is -0.358. The Morgan fingerprint density at radius 1 is 0.815 bits per heavy atom. The molecule has 2 rings (SSSR count). The van der Waals surface area contributed by atoms with Crippen LogP contribution in [-0.4, -0.2) is 128 Å². The number of rotatable bonds is 7. The van der Waals surface area contributed by atoms with Crippen LogP contribution in [0.15, 0.2) is 0 Å². The number of aliphatic hydroxyl groups is 8. The monoisotopic (exact) mass is 400 g/mol. The SMILES string of the molecule is CC(O)CO[C@@H]1[C@@H](O)[C@H](O[C@H]2[C@H](O)[C@@H](O)[C@@H](O)O[C@@H]2CO)O[C@H](CO)[C@H]1O. The predicted molar refractivity (Wildman–Crippen MR) is 84.0 cm³/mol. The lowest BCUT2D eigenvalue weighted by Gasteiger charge is -2.46. The van der Waals surface area contributed by atoms with Crippen LogP contribution in [-0.2, 0) is 18.9 Å². The summed E-state index contributed by atoms with van der Waals surface area (Å²) in [4.78, 5) is 0. The molecular weight excluding hydrogens is 372 g/mol. The van der Waals surface area contributed by atoms with Crippen LogP contribution >= 0.6 is 0 Å². The molecule has 12 heteroatoms. The van der Waals surface area contributed by atoms with Crippen LogP contribution in [0.3, 0.4) is 0 Å². The third-order valence-corrected chi connectivity index (χ3v) is 4.48. The molecule has 2 aliphatic heterocycles. The highest BCUT2D eigenvalue weighted by Crippen LogP contribution is 2.29. The molecule has 0 saturated carbocycles. The van der Waals surface area contributed by atoms with Gasteiger partial charge >= 0.3 is 0 Å². The summed E-state index contributed by atoms with van der Waals surface area (Å²) in [6.07, 6.45) is -15.8. The van der Waals surface area contributed by atoms with Gasteiger partial charge in [-0.25, -0.2) is 0 Å². The van der Waals surface area contributed by atoms with Crippen LogP contribution in [0.2, 0.25) is 0 Å². The van der Waals surface area contributed by atoms with Gasteiger partial charge in [-0.05, 0) is 6.92 Å². The van der Waals surface area contributed by atoms with E-state index in [-0.39, 0.29) is 6.61 Å². The highest BCUT2D eigenvalue weighted by Gasteiger charge is 2.50. The van der Waals surface area contributed by atoms with E-state index in [9.17, 15) is 40.9 Å². The molecule has 11 atom stereocenters. The predicted octanol–water partition coefficient (Wildman–Crippen LogP) is -4.99. The fourth-order valence-electron chi connectivity index (χ4n) is 3.00. The Kier molecular flexibility index (Phi) is 8.30. The maximum Gasteiger partial charge on any atom is 0.187 e. The molecule has 2 heterocycles. The van der Waals surface area contributed by atoms with Crippen LogP contribution in [0.1, 0.15) is 6.92 Å². The normalized spacial score (nSPS) is 47.0. The number of ether oxygens (including phenoxy) is 4. The van der Waals surface area contributed by atoms with Crippen LogP contribution in [0, 0.1) is 0 Å². The third-order valence-electron chi connectivity index (χ3n) is 4.48. The second kappa shape index (κ2) is 9.82. The van der Waals surface area contributed by atoms with Gasteiger partial charge in [0.2, 0.25) is 0 Å². The lowest BCUT2D eigenvalue weighted by Crippen LogP contribution is -2.65. The zero-order valence-electron chi connectivity index (χ0n) is 14.7. The topological polar surface area (TPSA) is 199 Å². The van der Waals surface area contributed by atoms with Gasteiger partial charge in [-0.2, -0.15) is 0 Å². The Bertz CT molecular complexity index is 449. The van der Waals surface area contributed by atoms with Crippen LogP contribution < -0.4 is 0 Å². The van der Waals surface area contributed by atoms with Crippen molar-refractivity contribution >= 4 is 0 Å². The Morgan fingerprint density at radius 3 is 2.00 bits per heavy atom. The molecule has 0 aromatic rings. The zero-order valence-corrected chi connectivity index (χ0v) is 14.7. The molecule has 0 aliphatic carbocycles. The Morgan fingerprint density at radius 2 is 1.44 bits per heavy atom. The molecule has 0 amide bonds. The largest absolute Gasteiger partial charge is 0.394 e. The van der Waals surface area contributed by atoms with E-state index in [1.54, 1.807) is 0 Å². The molecule has 0 spiro atoms. The summed E-state index contributed by atoms with van der Waals surface area (Å²) in [6, 6.07) is 0. The first-order valence-electron chi connectivity index (χ1n) is 8.59. The van der Waals surface area contributed by atoms with Gasteiger partial charge in [-0.1, -0.05) is 0 Å². The van der Waals surface area contributed by atoms with E-state index in [0.29, 0.717) is 0 Å². The molecular formula is C15H28O12. The quantitative estimate of drug-likeness (QED) is 0.203.